The fourth-order valence-corrected chi connectivity index (χ4v) is 1.58. The summed E-state index contributed by atoms with van der Waals surface area (Å²) >= 11 is 3.14. The summed E-state index contributed by atoms with van der Waals surface area (Å²) in [4.78, 5) is 0. The van der Waals surface area contributed by atoms with Crippen molar-refractivity contribution in [2.45, 2.75) is 6.10 Å². The summed E-state index contributed by atoms with van der Waals surface area (Å²) in [5.41, 5.74) is 0.675. The molecule has 64 valence electrons. The van der Waals surface area contributed by atoms with E-state index in [2.05, 4.69) is 15.9 Å². The molecule has 0 saturated carbocycles. The van der Waals surface area contributed by atoms with E-state index in [0.717, 1.165) is 12.1 Å². The maximum absolute atomic E-state index is 12.7. The highest BCUT2D eigenvalue weighted by molar-refractivity contribution is 9.10. The Kier molecular flexibility index (Phi) is 1.88. The number of rotatable bonds is 1. The van der Waals surface area contributed by atoms with Crippen LogP contribution >= 0.6 is 15.9 Å². The summed E-state index contributed by atoms with van der Waals surface area (Å²) in [7, 11) is 0. The van der Waals surface area contributed by atoms with E-state index >= 15 is 0 Å². The average Bonchev–Trinajstić information content (AvgIpc) is 2.79. The van der Waals surface area contributed by atoms with E-state index < -0.39 is 11.6 Å². The van der Waals surface area contributed by atoms with Crippen molar-refractivity contribution in [1.29, 1.82) is 0 Å². The predicted octanol–water partition coefficient (Wildman–Crippen LogP) is 2.80. The molecule has 0 bridgehead atoms. The zero-order chi connectivity index (χ0) is 8.72. The van der Waals surface area contributed by atoms with Crippen LogP contribution in [0, 0.1) is 11.6 Å². The van der Waals surface area contributed by atoms with Crippen molar-refractivity contribution in [2.75, 3.05) is 6.61 Å². The minimum atomic E-state index is -0.841. The smallest absolute Gasteiger partial charge is 0.159 e. The van der Waals surface area contributed by atoms with Crippen molar-refractivity contribution < 1.29 is 13.5 Å². The second-order valence-corrected chi connectivity index (χ2v) is 3.46. The molecule has 0 N–H and O–H groups in total. The normalized spacial score (nSPS) is 21.1. The van der Waals surface area contributed by atoms with Crippen molar-refractivity contribution >= 4 is 15.9 Å². The van der Waals surface area contributed by atoms with E-state index in [4.69, 9.17) is 4.74 Å². The lowest BCUT2D eigenvalue weighted by Crippen LogP contribution is -1.90. The number of hydrogen-bond acceptors (Lipinski definition) is 1. The number of ether oxygens (including phenoxy) is 1. The molecule has 1 aromatic rings. The van der Waals surface area contributed by atoms with Crippen molar-refractivity contribution in [3.63, 3.8) is 0 Å². The molecule has 1 atom stereocenters. The fourth-order valence-electron chi connectivity index (χ4n) is 1.01. The third kappa shape index (κ3) is 1.36. The van der Waals surface area contributed by atoms with Gasteiger partial charge in [0.05, 0.1) is 6.61 Å². The van der Waals surface area contributed by atoms with Crippen LogP contribution in [-0.4, -0.2) is 6.61 Å². The van der Waals surface area contributed by atoms with Gasteiger partial charge in [0.2, 0.25) is 0 Å². The summed E-state index contributed by atoms with van der Waals surface area (Å²) < 4.78 is 30.8. The van der Waals surface area contributed by atoms with E-state index in [1.54, 1.807) is 0 Å². The molecule has 1 fully saturated rings. The molecule has 0 spiro atoms. The number of halogens is 3. The molecule has 1 aliphatic rings. The lowest BCUT2D eigenvalue weighted by Gasteiger charge is -2.00. The van der Waals surface area contributed by atoms with Gasteiger partial charge in [-0.1, -0.05) is 15.9 Å². The van der Waals surface area contributed by atoms with Crippen LogP contribution in [0.1, 0.15) is 11.7 Å². The van der Waals surface area contributed by atoms with Gasteiger partial charge in [0, 0.05) is 10.0 Å². The summed E-state index contributed by atoms with van der Waals surface area (Å²) in [6.07, 6.45) is -0.0607. The lowest BCUT2D eigenvalue weighted by atomic mass is 10.1. The third-order valence-electron chi connectivity index (χ3n) is 1.72. The highest BCUT2D eigenvalue weighted by Gasteiger charge is 2.28. The summed E-state index contributed by atoms with van der Waals surface area (Å²) in [6, 6.07) is 2.28. The van der Waals surface area contributed by atoms with Gasteiger partial charge in [0.1, 0.15) is 6.10 Å². The molecule has 0 aromatic heterocycles. The van der Waals surface area contributed by atoms with Gasteiger partial charge in [-0.15, -0.1) is 0 Å². The molecule has 1 aliphatic heterocycles. The number of benzene rings is 1. The number of epoxide rings is 1. The van der Waals surface area contributed by atoms with E-state index in [0.29, 0.717) is 16.6 Å². The van der Waals surface area contributed by atoms with Crippen molar-refractivity contribution in [3.05, 3.63) is 33.8 Å². The van der Waals surface area contributed by atoms with Gasteiger partial charge in [0.15, 0.2) is 11.6 Å². The number of hydrogen-bond donors (Lipinski definition) is 0. The first kappa shape index (κ1) is 8.13. The van der Waals surface area contributed by atoms with E-state index in [1.807, 2.05) is 0 Å². The largest absolute Gasteiger partial charge is 0.368 e. The third-order valence-corrected chi connectivity index (χ3v) is 2.41. The molecule has 0 radical (unpaired) electrons. The second-order valence-electron chi connectivity index (χ2n) is 2.61. The van der Waals surface area contributed by atoms with Crippen LogP contribution in [0.3, 0.4) is 0 Å². The Morgan fingerprint density at radius 1 is 1.33 bits per heavy atom. The molecule has 12 heavy (non-hydrogen) atoms. The standard InChI is InChI=1S/C8H5BrF2O/c9-5-2-7(11)6(10)1-4(5)8-3-12-8/h1-2,8H,3H2/t8-/m0/s1. The maximum Gasteiger partial charge on any atom is 0.159 e. The Bertz CT molecular complexity index is 323. The Hall–Kier alpha value is -0.480. The minimum absolute atomic E-state index is 0.0607. The van der Waals surface area contributed by atoms with Gasteiger partial charge in [0.25, 0.3) is 0 Å². The van der Waals surface area contributed by atoms with Crippen LogP contribution in [0.5, 0.6) is 0 Å². The van der Waals surface area contributed by atoms with Crippen LogP contribution in [0.15, 0.2) is 16.6 Å². The predicted molar refractivity (Wildman–Crippen MR) is 42.8 cm³/mol. The highest BCUT2D eigenvalue weighted by atomic mass is 79.9. The molecule has 1 aromatic carbocycles. The molecule has 4 heteroatoms. The van der Waals surface area contributed by atoms with E-state index in [-0.39, 0.29) is 6.10 Å². The average molecular weight is 235 g/mol. The van der Waals surface area contributed by atoms with Crippen molar-refractivity contribution in [3.8, 4) is 0 Å². The first-order valence-electron chi connectivity index (χ1n) is 3.44. The monoisotopic (exact) mass is 234 g/mol. The minimum Gasteiger partial charge on any atom is -0.368 e. The molecule has 1 heterocycles. The molecule has 0 aliphatic carbocycles. The van der Waals surface area contributed by atoms with Gasteiger partial charge in [-0.25, -0.2) is 8.78 Å². The van der Waals surface area contributed by atoms with Gasteiger partial charge in [-0.2, -0.15) is 0 Å². The Balaban J connectivity index is 2.47. The van der Waals surface area contributed by atoms with Crippen molar-refractivity contribution in [1.82, 2.24) is 0 Å². The van der Waals surface area contributed by atoms with Crippen LogP contribution in [0.25, 0.3) is 0 Å². The lowest BCUT2D eigenvalue weighted by molar-refractivity contribution is 0.412. The Morgan fingerprint density at radius 3 is 2.50 bits per heavy atom. The van der Waals surface area contributed by atoms with Crippen LogP contribution in [0.2, 0.25) is 0 Å². The van der Waals surface area contributed by atoms with E-state index in [9.17, 15) is 8.78 Å². The molecular weight excluding hydrogens is 230 g/mol. The van der Waals surface area contributed by atoms with E-state index in [1.165, 1.54) is 0 Å². The maximum atomic E-state index is 12.7. The summed E-state index contributed by atoms with van der Waals surface area (Å²) in [5.74, 6) is -1.67. The summed E-state index contributed by atoms with van der Waals surface area (Å²) in [5, 5.41) is 0. The molecule has 1 saturated heterocycles. The molecule has 0 amide bonds. The van der Waals surface area contributed by atoms with Gasteiger partial charge in [-0.3, -0.25) is 0 Å². The van der Waals surface area contributed by atoms with Crippen LogP contribution in [0.4, 0.5) is 8.78 Å². The zero-order valence-corrected chi connectivity index (χ0v) is 7.57. The molecule has 1 nitrogen and oxygen atoms in total. The molecule has 0 unspecified atom stereocenters. The van der Waals surface area contributed by atoms with Crippen LogP contribution < -0.4 is 0 Å². The Labute approximate surface area is 76.5 Å². The zero-order valence-electron chi connectivity index (χ0n) is 5.98. The quantitative estimate of drug-likeness (QED) is 0.538. The van der Waals surface area contributed by atoms with Gasteiger partial charge >= 0.3 is 0 Å². The van der Waals surface area contributed by atoms with Gasteiger partial charge < -0.3 is 4.74 Å². The topological polar surface area (TPSA) is 12.5 Å². The summed E-state index contributed by atoms with van der Waals surface area (Å²) in [6.45, 7) is 0.587. The Morgan fingerprint density at radius 2 is 1.92 bits per heavy atom. The highest BCUT2D eigenvalue weighted by Crippen LogP contribution is 2.35. The first-order valence-corrected chi connectivity index (χ1v) is 4.24. The van der Waals surface area contributed by atoms with Crippen molar-refractivity contribution in [2.24, 2.45) is 0 Å². The molecule has 2 rings (SSSR count). The molecular formula is C8H5BrF2O. The van der Waals surface area contributed by atoms with Gasteiger partial charge in [-0.05, 0) is 12.1 Å². The first-order chi connectivity index (χ1) is 5.68. The second kappa shape index (κ2) is 2.78. The fraction of sp³-hybridized carbons (Fsp3) is 0.250. The van der Waals surface area contributed by atoms with Crippen LogP contribution in [-0.2, 0) is 4.74 Å². The SMILES string of the molecule is Fc1cc(Br)c([C@@H]2CO2)cc1F.